The van der Waals surface area contributed by atoms with Crippen LogP contribution in [-0.2, 0) is 19.6 Å². The number of nitrogens with one attached hydrogen (secondary N) is 1. The highest BCUT2D eigenvalue weighted by Gasteiger charge is 2.25. The van der Waals surface area contributed by atoms with Gasteiger partial charge in [0.25, 0.3) is 5.91 Å². The van der Waals surface area contributed by atoms with Crippen LogP contribution in [-0.4, -0.2) is 56.9 Å². The summed E-state index contributed by atoms with van der Waals surface area (Å²) in [6.07, 6.45) is 2.57. The summed E-state index contributed by atoms with van der Waals surface area (Å²) in [6.45, 7) is 7.07. The van der Waals surface area contributed by atoms with Crippen molar-refractivity contribution < 1.29 is 22.7 Å². The fourth-order valence-corrected chi connectivity index (χ4v) is 5.08. The van der Waals surface area contributed by atoms with Gasteiger partial charge in [0, 0.05) is 37.6 Å². The Labute approximate surface area is 201 Å². The number of benzene rings is 2. The third-order valence-electron chi connectivity index (χ3n) is 5.98. The topological polar surface area (TPSA) is 96.0 Å². The third-order valence-corrected chi connectivity index (χ3v) is 8.01. The molecule has 1 fully saturated rings. The van der Waals surface area contributed by atoms with Gasteiger partial charge in [-0.1, -0.05) is 6.07 Å². The maximum Gasteiger partial charge on any atom is 0.338 e. The summed E-state index contributed by atoms with van der Waals surface area (Å²) >= 11 is 0. The average Bonchev–Trinajstić information content (AvgIpc) is 2.84. The number of anilines is 2. The molecule has 8 nitrogen and oxygen atoms in total. The van der Waals surface area contributed by atoms with Gasteiger partial charge in [-0.15, -0.1) is 0 Å². The lowest BCUT2D eigenvalue weighted by Gasteiger charge is -2.28. The van der Waals surface area contributed by atoms with Gasteiger partial charge in [-0.3, -0.25) is 4.79 Å². The first-order chi connectivity index (χ1) is 16.1. The molecule has 1 heterocycles. The zero-order chi connectivity index (χ0) is 24.9. The van der Waals surface area contributed by atoms with Gasteiger partial charge in [-0.2, -0.15) is 4.31 Å². The molecule has 0 bridgehead atoms. The maximum atomic E-state index is 12.7. The number of rotatable bonds is 8. The van der Waals surface area contributed by atoms with Crippen molar-refractivity contribution in [3.8, 4) is 0 Å². The van der Waals surface area contributed by atoms with Crippen molar-refractivity contribution >= 4 is 33.3 Å². The average molecular weight is 488 g/mol. The zero-order valence-electron chi connectivity index (χ0n) is 20.2. The molecule has 1 N–H and O–H groups in total. The van der Waals surface area contributed by atoms with E-state index in [1.165, 1.54) is 61.8 Å². The van der Waals surface area contributed by atoms with E-state index < -0.39 is 28.0 Å². The summed E-state index contributed by atoms with van der Waals surface area (Å²) < 4.78 is 32.0. The van der Waals surface area contributed by atoms with E-state index in [9.17, 15) is 18.0 Å². The van der Waals surface area contributed by atoms with Crippen molar-refractivity contribution in [1.29, 1.82) is 0 Å². The van der Waals surface area contributed by atoms with Crippen LogP contribution in [0.15, 0.2) is 53.4 Å². The van der Waals surface area contributed by atoms with E-state index in [-0.39, 0.29) is 16.5 Å². The Morgan fingerprint density at radius 3 is 2.26 bits per heavy atom. The van der Waals surface area contributed by atoms with Gasteiger partial charge in [0.15, 0.2) is 6.10 Å². The predicted molar refractivity (Wildman–Crippen MR) is 133 cm³/mol. The first kappa shape index (κ1) is 25.7. The van der Waals surface area contributed by atoms with Gasteiger partial charge in [-0.25, -0.2) is 13.2 Å². The van der Waals surface area contributed by atoms with Crippen molar-refractivity contribution in [2.75, 3.05) is 30.4 Å². The molecule has 9 heteroatoms. The molecule has 2 aromatic carbocycles. The molecule has 0 saturated carbocycles. The summed E-state index contributed by atoms with van der Waals surface area (Å²) in [4.78, 5) is 27.5. The van der Waals surface area contributed by atoms with Crippen molar-refractivity contribution in [3.63, 3.8) is 0 Å². The van der Waals surface area contributed by atoms with Crippen LogP contribution >= 0.6 is 0 Å². The molecular weight excluding hydrogens is 454 g/mol. The van der Waals surface area contributed by atoms with Crippen LogP contribution in [0, 0.1) is 0 Å². The largest absolute Gasteiger partial charge is 0.449 e. The number of ether oxygens (including phenoxy) is 1. The Bertz CT molecular complexity index is 1110. The lowest BCUT2D eigenvalue weighted by molar-refractivity contribution is -0.123. The number of piperidine rings is 1. The Hall–Kier alpha value is -2.91. The first-order valence-electron chi connectivity index (χ1n) is 11.5. The van der Waals surface area contributed by atoms with Crippen LogP contribution in [0.3, 0.4) is 0 Å². The maximum absolute atomic E-state index is 12.7. The van der Waals surface area contributed by atoms with Crippen molar-refractivity contribution in [2.24, 2.45) is 0 Å². The lowest BCUT2D eigenvalue weighted by atomic mass is 10.1. The molecule has 1 aliphatic heterocycles. The second-order valence-electron chi connectivity index (χ2n) is 8.77. The number of carbonyl (C=O) groups excluding carboxylic acids is 2. The van der Waals surface area contributed by atoms with E-state index >= 15 is 0 Å². The van der Waals surface area contributed by atoms with Crippen LogP contribution in [0.4, 0.5) is 11.4 Å². The minimum Gasteiger partial charge on any atom is -0.449 e. The van der Waals surface area contributed by atoms with Gasteiger partial charge >= 0.3 is 5.97 Å². The van der Waals surface area contributed by atoms with E-state index in [1.807, 2.05) is 24.3 Å². The molecule has 3 rings (SSSR count). The highest BCUT2D eigenvalue weighted by molar-refractivity contribution is 7.89. The number of esters is 1. The number of hydrogen-bond acceptors (Lipinski definition) is 6. The normalized spacial score (nSPS) is 15.3. The molecule has 34 heavy (non-hydrogen) atoms. The Morgan fingerprint density at radius 1 is 1.00 bits per heavy atom. The van der Waals surface area contributed by atoms with Crippen LogP contribution < -0.4 is 10.2 Å². The lowest BCUT2D eigenvalue weighted by Crippen LogP contribution is -2.33. The third kappa shape index (κ3) is 6.15. The molecule has 1 aliphatic rings. The molecule has 1 unspecified atom stereocenters. The summed E-state index contributed by atoms with van der Waals surface area (Å²) in [6, 6.07) is 13.0. The van der Waals surface area contributed by atoms with Crippen molar-refractivity contribution in [1.82, 2.24) is 4.31 Å². The summed E-state index contributed by atoms with van der Waals surface area (Å²) in [5, 5.41) is 2.75. The summed E-state index contributed by atoms with van der Waals surface area (Å²) in [5.74, 6) is -1.24. The highest BCUT2D eigenvalue weighted by atomic mass is 32.2. The fourth-order valence-electron chi connectivity index (χ4n) is 3.66. The molecule has 2 aromatic rings. The van der Waals surface area contributed by atoms with E-state index in [0.29, 0.717) is 5.69 Å². The van der Waals surface area contributed by atoms with E-state index in [4.69, 9.17) is 4.74 Å². The molecular formula is C25H33N3O5S. The predicted octanol–water partition coefficient (Wildman–Crippen LogP) is 3.89. The SMILES string of the molecule is CC(OC(=O)c1cccc(S(=O)(=O)N(C)C(C)C)c1)C(=O)Nc1ccc(N2CCCCC2)cc1. The van der Waals surface area contributed by atoms with Crippen LogP contribution in [0.2, 0.25) is 0 Å². The highest BCUT2D eigenvalue weighted by Crippen LogP contribution is 2.22. The van der Waals surface area contributed by atoms with E-state index in [1.54, 1.807) is 13.8 Å². The van der Waals surface area contributed by atoms with Crippen molar-refractivity contribution in [3.05, 3.63) is 54.1 Å². The molecule has 1 amide bonds. The molecule has 184 valence electrons. The molecule has 1 saturated heterocycles. The quantitative estimate of drug-likeness (QED) is 0.568. The molecule has 0 radical (unpaired) electrons. The molecule has 1 atom stereocenters. The van der Waals surface area contributed by atoms with Crippen molar-refractivity contribution in [2.45, 2.75) is 57.1 Å². The van der Waals surface area contributed by atoms with Gasteiger partial charge in [0.1, 0.15) is 0 Å². The van der Waals surface area contributed by atoms with Crippen LogP contribution in [0.25, 0.3) is 0 Å². The van der Waals surface area contributed by atoms with Gasteiger partial charge in [0.05, 0.1) is 10.5 Å². The van der Waals surface area contributed by atoms with Crippen LogP contribution in [0.5, 0.6) is 0 Å². The van der Waals surface area contributed by atoms with E-state index in [0.717, 1.165) is 18.8 Å². The molecule has 0 aliphatic carbocycles. The number of sulfonamides is 1. The Morgan fingerprint density at radius 2 is 1.65 bits per heavy atom. The summed E-state index contributed by atoms with van der Waals surface area (Å²) in [7, 11) is -2.27. The second kappa shape index (κ2) is 11.0. The summed E-state index contributed by atoms with van der Waals surface area (Å²) in [5.41, 5.74) is 1.79. The van der Waals surface area contributed by atoms with E-state index in [2.05, 4.69) is 10.2 Å². The fraction of sp³-hybridized carbons (Fsp3) is 0.440. The first-order valence-corrected chi connectivity index (χ1v) is 13.0. The zero-order valence-corrected chi connectivity index (χ0v) is 21.0. The standard InChI is InChI=1S/C25H33N3O5S/c1-18(2)27(4)34(31,32)23-10-8-9-20(17-23)25(30)33-19(3)24(29)26-21-11-13-22(14-12-21)28-15-6-5-7-16-28/h8-14,17-19H,5-7,15-16H2,1-4H3,(H,26,29). The minimum absolute atomic E-state index is 0.0101. The van der Waals surface area contributed by atoms with Crippen LogP contribution in [0.1, 0.15) is 50.4 Å². The number of amides is 1. The molecule has 0 aromatic heterocycles. The van der Waals surface area contributed by atoms with Gasteiger partial charge in [-0.05, 0) is 82.5 Å². The monoisotopic (exact) mass is 487 g/mol. The second-order valence-corrected chi connectivity index (χ2v) is 10.8. The smallest absolute Gasteiger partial charge is 0.338 e. The Balaban J connectivity index is 1.61. The number of carbonyl (C=O) groups is 2. The molecule has 0 spiro atoms. The van der Waals surface area contributed by atoms with Gasteiger partial charge in [0.2, 0.25) is 10.0 Å². The number of hydrogen-bond donors (Lipinski definition) is 1. The Kier molecular flexibility index (Phi) is 8.33. The minimum atomic E-state index is -3.75. The number of nitrogens with zero attached hydrogens (tertiary/aromatic N) is 2. The van der Waals surface area contributed by atoms with Gasteiger partial charge < -0.3 is 15.0 Å².